The molecule has 0 amide bonds. The molecule has 0 N–H and O–H groups in total. The van der Waals surface area contributed by atoms with E-state index in [4.69, 9.17) is 4.42 Å². The topological polar surface area (TPSA) is 82.5 Å². The molecule has 4 aromatic rings. The predicted molar refractivity (Wildman–Crippen MR) is 91.1 cm³/mol. The molecule has 0 fully saturated rings. The first-order valence-electron chi connectivity index (χ1n) is 7.15. The highest BCUT2D eigenvalue weighted by Crippen LogP contribution is 2.26. The molecule has 1 aromatic carbocycles. The fraction of sp³-hybridized carbons (Fsp3) is 0.133. The predicted octanol–water partition coefficient (Wildman–Crippen LogP) is 3.37. The average Bonchev–Trinajstić information content (AvgIpc) is 3.34. The summed E-state index contributed by atoms with van der Waals surface area (Å²) in [5.41, 5.74) is 2.05. The highest BCUT2D eigenvalue weighted by Gasteiger charge is 2.14. The van der Waals surface area contributed by atoms with E-state index in [1.165, 1.54) is 11.8 Å². The lowest BCUT2D eigenvalue weighted by Crippen LogP contribution is -2.01. The molecule has 0 aliphatic carbocycles. The summed E-state index contributed by atoms with van der Waals surface area (Å²) in [6.07, 6.45) is 0. The minimum absolute atomic E-state index is 0.505. The lowest BCUT2D eigenvalue weighted by atomic mass is 10.2. The molecule has 0 bridgehead atoms. The zero-order valence-corrected chi connectivity index (χ0v) is 14.3. The van der Waals surface area contributed by atoms with Gasteiger partial charge in [0.05, 0.1) is 16.3 Å². The molecule has 0 spiro atoms. The van der Waals surface area contributed by atoms with E-state index in [1.807, 2.05) is 48.7 Å². The number of tetrazole rings is 1. The van der Waals surface area contributed by atoms with Gasteiger partial charge < -0.3 is 4.42 Å². The Hall–Kier alpha value is -2.52. The Kier molecular flexibility index (Phi) is 4.09. The second kappa shape index (κ2) is 6.54. The molecule has 0 aliphatic heterocycles. The highest BCUT2D eigenvalue weighted by atomic mass is 32.2. The van der Waals surface area contributed by atoms with E-state index in [0.29, 0.717) is 22.7 Å². The highest BCUT2D eigenvalue weighted by molar-refractivity contribution is 7.98. The van der Waals surface area contributed by atoms with Crippen molar-refractivity contribution in [1.29, 1.82) is 0 Å². The molecule has 3 heterocycles. The maximum Gasteiger partial charge on any atom is 0.257 e. The largest absolute Gasteiger partial charge is 0.419 e. The maximum absolute atomic E-state index is 5.69. The Morgan fingerprint density at radius 1 is 1.12 bits per heavy atom. The molecule has 0 saturated heterocycles. The summed E-state index contributed by atoms with van der Waals surface area (Å²) in [6, 6.07) is 11.9. The molecular weight excluding hydrogens is 344 g/mol. The fourth-order valence-electron chi connectivity index (χ4n) is 2.16. The molecule has 0 aliphatic rings. The number of hydrogen-bond acceptors (Lipinski definition) is 8. The van der Waals surface area contributed by atoms with Crippen LogP contribution in [0.1, 0.15) is 11.5 Å². The number of nitrogens with zero attached hydrogens (tertiary/aromatic N) is 6. The quantitative estimate of drug-likeness (QED) is 0.507. The van der Waals surface area contributed by atoms with Crippen LogP contribution < -0.4 is 0 Å². The van der Waals surface area contributed by atoms with Gasteiger partial charge in [-0.2, -0.15) is 4.68 Å². The van der Waals surface area contributed by atoms with Crippen molar-refractivity contribution in [3.05, 3.63) is 53.2 Å². The molecule has 120 valence electrons. The van der Waals surface area contributed by atoms with E-state index in [9.17, 15) is 0 Å². The fourth-order valence-corrected chi connectivity index (χ4v) is 3.52. The van der Waals surface area contributed by atoms with Crippen molar-refractivity contribution in [2.45, 2.75) is 17.8 Å². The molecule has 0 saturated carbocycles. The second-order valence-electron chi connectivity index (χ2n) is 4.93. The van der Waals surface area contributed by atoms with Crippen LogP contribution in [-0.2, 0) is 5.75 Å². The zero-order chi connectivity index (χ0) is 16.4. The number of para-hydroxylation sites is 1. The summed E-state index contributed by atoms with van der Waals surface area (Å²) in [4.78, 5) is 0.962. The molecule has 0 radical (unpaired) electrons. The van der Waals surface area contributed by atoms with Gasteiger partial charge in [-0.15, -0.1) is 26.6 Å². The summed E-state index contributed by atoms with van der Waals surface area (Å²) in [5.74, 6) is 1.59. The molecule has 7 nitrogen and oxygen atoms in total. The van der Waals surface area contributed by atoms with Crippen molar-refractivity contribution in [3.63, 3.8) is 0 Å². The first kappa shape index (κ1) is 15.0. The molecular formula is C15H12N6OS2. The van der Waals surface area contributed by atoms with Crippen LogP contribution in [0, 0.1) is 6.92 Å². The van der Waals surface area contributed by atoms with E-state index >= 15 is 0 Å². The second-order valence-corrected chi connectivity index (χ2v) is 6.82. The average molecular weight is 356 g/mol. The van der Waals surface area contributed by atoms with Crippen LogP contribution >= 0.6 is 23.1 Å². The Balaban J connectivity index is 1.52. The standard InChI is InChI=1S/C15H12N6OS2/c1-10-5-2-3-6-11(10)21-15(18-19-20-21)24-9-13-16-17-14(22-13)12-7-4-8-23-12/h2-8H,9H2,1H3. The smallest absolute Gasteiger partial charge is 0.257 e. The third-order valence-electron chi connectivity index (χ3n) is 3.31. The maximum atomic E-state index is 5.69. The summed E-state index contributed by atoms with van der Waals surface area (Å²) in [5, 5.41) is 22.7. The SMILES string of the molecule is Cc1ccccc1-n1nnnc1SCc1nnc(-c2cccs2)o1. The van der Waals surface area contributed by atoms with Crippen LogP contribution in [0.2, 0.25) is 0 Å². The summed E-state index contributed by atoms with van der Waals surface area (Å²) in [7, 11) is 0. The number of aryl methyl sites for hydroxylation is 1. The van der Waals surface area contributed by atoms with Gasteiger partial charge in [-0.1, -0.05) is 36.0 Å². The van der Waals surface area contributed by atoms with Gasteiger partial charge >= 0.3 is 0 Å². The van der Waals surface area contributed by atoms with Crippen LogP contribution in [0.5, 0.6) is 0 Å². The van der Waals surface area contributed by atoms with Gasteiger partial charge in [-0.05, 0) is 40.4 Å². The molecule has 9 heteroatoms. The number of thioether (sulfide) groups is 1. The van der Waals surface area contributed by atoms with Crippen LogP contribution in [0.4, 0.5) is 0 Å². The third kappa shape index (κ3) is 2.95. The van der Waals surface area contributed by atoms with E-state index in [0.717, 1.165) is 16.1 Å². The van der Waals surface area contributed by atoms with Crippen LogP contribution in [0.3, 0.4) is 0 Å². The van der Waals surface area contributed by atoms with Gasteiger partial charge in [0.1, 0.15) is 0 Å². The monoisotopic (exact) mass is 356 g/mol. The van der Waals surface area contributed by atoms with Crippen molar-refractivity contribution >= 4 is 23.1 Å². The number of benzene rings is 1. The molecule has 4 rings (SSSR count). The van der Waals surface area contributed by atoms with Crippen molar-refractivity contribution in [3.8, 4) is 16.5 Å². The van der Waals surface area contributed by atoms with Gasteiger partial charge in [0.2, 0.25) is 11.0 Å². The first-order valence-corrected chi connectivity index (χ1v) is 9.01. The Bertz CT molecular complexity index is 946. The van der Waals surface area contributed by atoms with Gasteiger partial charge in [-0.3, -0.25) is 0 Å². The summed E-state index contributed by atoms with van der Waals surface area (Å²) < 4.78 is 7.40. The zero-order valence-electron chi connectivity index (χ0n) is 12.7. The molecule has 0 atom stereocenters. The minimum atomic E-state index is 0.505. The van der Waals surface area contributed by atoms with Gasteiger partial charge in [0, 0.05) is 0 Å². The van der Waals surface area contributed by atoms with Gasteiger partial charge in [0.25, 0.3) is 5.89 Å². The summed E-state index contributed by atoms with van der Waals surface area (Å²) in [6.45, 7) is 2.02. The molecule has 24 heavy (non-hydrogen) atoms. The van der Waals surface area contributed by atoms with Gasteiger partial charge in [0.15, 0.2) is 0 Å². The Morgan fingerprint density at radius 2 is 2.04 bits per heavy atom. The number of aromatic nitrogens is 6. The normalized spacial score (nSPS) is 11.0. The van der Waals surface area contributed by atoms with E-state index in [1.54, 1.807) is 16.0 Å². The van der Waals surface area contributed by atoms with Crippen molar-refractivity contribution in [1.82, 2.24) is 30.4 Å². The number of thiophene rings is 1. The minimum Gasteiger partial charge on any atom is -0.419 e. The van der Waals surface area contributed by atoms with Crippen LogP contribution in [0.25, 0.3) is 16.5 Å². The lowest BCUT2D eigenvalue weighted by molar-refractivity contribution is 0.529. The lowest BCUT2D eigenvalue weighted by Gasteiger charge is -2.06. The molecule has 0 unspecified atom stereocenters. The third-order valence-corrected chi connectivity index (χ3v) is 5.07. The van der Waals surface area contributed by atoms with Crippen molar-refractivity contribution in [2.75, 3.05) is 0 Å². The van der Waals surface area contributed by atoms with Crippen molar-refractivity contribution in [2.24, 2.45) is 0 Å². The number of rotatable bonds is 5. The number of hydrogen-bond donors (Lipinski definition) is 0. The van der Waals surface area contributed by atoms with Crippen LogP contribution in [-0.4, -0.2) is 30.4 Å². The Labute approximate surface area is 145 Å². The van der Waals surface area contributed by atoms with Crippen molar-refractivity contribution < 1.29 is 4.42 Å². The van der Waals surface area contributed by atoms with E-state index in [-0.39, 0.29) is 0 Å². The van der Waals surface area contributed by atoms with Crippen LogP contribution in [0.15, 0.2) is 51.4 Å². The first-order chi connectivity index (χ1) is 11.8. The van der Waals surface area contributed by atoms with E-state index in [2.05, 4.69) is 25.7 Å². The summed E-state index contributed by atoms with van der Waals surface area (Å²) >= 11 is 3.02. The Morgan fingerprint density at radius 3 is 2.88 bits per heavy atom. The van der Waals surface area contributed by atoms with E-state index < -0.39 is 0 Å². The molecule has 3 aromatic heterocycles. The van der Waals surface area contributed by atoms with Gasteiger partial charge in [-0.25, -0.2) is 0 Å².